The normalized spacial score (nSPS) is 19.4. The van der Waals surface area contributed by atoms with Crippen molar-refractivity contribution < 1.29 is 13.9 Å². The predicted octanol–water partition coefficient (Wildman–Crippen LogP) is 2.03. The van der Waals surface area contributed by atoms with Crippen LogP contribution in [-0.4, -0.2) is 49.8 Å². The lowest BCUT2D eigenvalue weighted by Crippen LogP contribution is -2.49. The number of nitrogens with one attached hydrogen (secondary N) is 2. The second kappa shape index (κ2) is 7.67. The van der Waals surface area contributed by atoms with Crippen LogP contribution in [-0.2, 0) is 0 Å². The number of rotatable bonds is 5. The molecule has 8 heteroatoms. The Morgan fingerprint density at radius 3 is 2.79 bits per heavy atom. The molecule has 1 aromatic heterocycles. The van der Waals surface area contributed by atoms with Gasteiger partial charge in [0.15, 0.2) is 11.6 Å². The van der Waals surface area contributed by atoms with Crippen LogP contribution in [0.4, 0.5) is 10.1 Å². The molecule has 1 atom stereocenters. The number of pyridine rings is 1. The second-order valence-electron chi connectivity index (χ2n) is 7.81. The maximum atomic E-state index is 15.3. The van der Waals surface area contributed by atoms with Crippen molar-refractivity contribution >= 4 is 22.5 Å². The first-order valence-corrected chi connectivity index (χ1v) is 10.2. The molecule has 1 aliphatic carbocycles. The van der Waals surface area contributed by atoms with Gasteiger partial charge in [0.25, 0.3) is 5.91 Å². The minimum Gasteiger partial charge on any atom is -0.492 e. The monoisotopic (exact) mass is 402 g/mol. The van der Waals surface area contributed by atoms with E-state index in [2.05, 4.69) is 17.6 Å². The maximum Gasteiger partial charge on any atom is 0.256 e. The average molecular weight is 402 g/mol. The maximum absolute atomic E-state index is 15.3. The SMILES string of the molecule is CCNC(=O)c1cn(C2CC2)c2c(OC)c(N3CCNC(C)C3)c(F)cc2c1=O. The van der Waals surface area contributed by atoms with E-state index in [4.69, 9.17) is 4.74 Å². The van der Waals surface area contributed by atoms with Gasteiger partial charge in [0, 0.05) is 44.5 Å². The number of halogens is 1. The minimum atomic E-state index is -0.504. The van der Waals surface area contributed by atoms with Gasteiger partial charge in [-0.2, -0.15) is 0 Å². The van der Waals surface area contributed by atoms with E-state index >= 15 is 4.39 Å². The van der Waals surface area contributed by atoms with Crippen LogP contribution in [0, 0.1) is 5.82 Å². The molecule has 29 heavy (non-hydrogen) atoms. The van der Waals surface area contributed by atoms with Gasteiger partial charge in [-0.15, -0.1) is 0 Å². The lowest BCUT2D eigenvalue weighted by Gasteiger charge is -2.35. The molecule has 7 nitrogen and oxygen atoms in total. The molecule has 2 aliphatic rings. The summed E-state index contributed by atoms with van der Waals surface area (Å²) in [7, 11) is 1.50. The van der Waals surface area contributed by atoms with Crippen LogP contribution in [0.1, 0.15) is 43.1 Å². The number of benzene rings is 1. The Labute approximate surface area is 168 Å². The van der Waals surface area contributed by atoms with Crippen LogP contribution in [0.15, 0.2) is 17.1 Å². The van der Waals surface area contributed by atoms with Crippen molar-refractivity contribution in [3.8, 4) is 5.75 Å². The zero-order valence-corrected chi connectivity index (χ0v) is 17.0. The standard InChI is InChI=1S/C21H27FN4O3/c1-4-23-21(28)15-11-26(13-5-6-13)17-14(19(15)27)9-16(22)18(20(17)29-3)25-8-7-24-12(2)10-25/h9,11-13,24H,4-8,10H2,1-3H3,(H,23,28). The highest BCUT2D eigenvalue weighted by Gasteiger charge is 2.32. The number of amides is 1. The molecule has 4 rings (SSSR count). The zero-order valence-electron chi connectivity index (χ0n) is 17.0. The topological polar surface area (TPSA) is 75.6 Å². The zero-order chi connectivity index (χ0) is 20.7. The number of hydrogen-bond donors (Lipinski definition) is 2. The Bertz CT molecular complexity index is 1020. The van der Waals surface area contributed by atoms with Gasteiger partial charge >= 0.3 is 0 Å². The number of carbonyl (C=O) groups excluding carboxylic acids is 1. The number of carbonyl (C=O) groups is 1. The van der Waals surface area contributed by atoms with E-state index in [1.165, 1.54) is 13.2 Å². The van der Waals surface area contributed by atoms with E-state index in [0.717, 1.165) is 19.4 Å². The van der Waals surface area contributed by atoms with Crippen molar-refractivity contribution in [1.82, 2.24) is 15.2 Å². The summed E-state index contributed by atoms with van der Waals surface area (Å²) in [5, 5.41) is 6.21. The van der Waals surface area contributed by atoms with Crippen molar-refractivity contribution in [2.24, 2.45) is 0 Å². The van der Waals surface area contributed by atoms with E-state index in [-0.39, 0.29) is 23.0 Å². The number of nitrogens with zero attached hydrogens (tertiary/aromatic N) is 2. The van der Waals surface area contributed by atoms with Gasteiger partial charge in [-0.05, 0) is 32.8 Å². The highest BCUT2D eigenvalue weighted by atomic mass is 19.1. The fourth-order valence-electron chi connectivity index (χ4n) is 4.12. The van der Waals surface area contributed by atoms with Crippen LogP contribution in [0.5, 0.6) is 5.75 Å². The Hall–Kier alpha value is -2.61. The van der Waals surface area contributed by atoms with Crippen molar-refractivity contribution in [2.75, 3.05) is 38.2 Å². The first-order chi connectivity index (χ1) is 14.0. The number of aromatic nitrogens is 1. The summed E-state index contributed by atoms with van der Waals surface area (Å²) >= 11 is 0. The number of anilines is 1. The van der Waals surface area contributed by atoms with Crippen molar-refractivity contribution in [1.29, 1.82) is 0 Å². The first-order valence-electron chi connectivity index (χ1n) is 10.2. The number of piperazine rings is 1. The van der Waals surface area contributed by atoms with Crippen molar-refractivity contribution in [3.05, 3.63) is 33.9 Å². The summed E-state index contributed by atoms with van der Waals surface area (Å²) in [5.41, 5.74) is 0.514. The number of ether oxygens (including phenoxy) is 1. The van der Waals surface area contributed by atoms with E-state index in [1.54, 1.807) is 13.1 Å². The molecule has 1 saturated heterocycles. The molecule has 156 valence electrons. The molecule has 1 aromatic carbocycles. The van der Waals surface area contributed by atoms with Gasteiger partial charge in [0.2, 0.25) is 5.43 Å². The fourth-order valence-corrected chi connectivity index (χ4v) is 4.12. The molecule has 1 saturated carbocycles. The Morgan fingerprint density at radius 1 is 1.41 bits per heavy atom. The summed E-state index contributed by atoms with van der Waals surface area (Å²) in [6, 6.07) is 1.67. The molecule has 2 aromatic rings. The van der Waals surface area contributed by atoms with Crippen LogP contribution in [0.25, 0.3) is 10.9 Å². The summed E-state index contributed by atoms with van der Waals surface area (Å²) < 4.78 is 22.9. The van der Waals surface area contributed by atoms with Crippen LogP contribution in [0.2, 0.25) is 0 Å². The van der Waals surface area contributed by atoms with Gasteiger partial charge in [-0.1, -0.05) is 0 Å². The fraction of sp³-hybridized carbons (Fsp3) is 0.524. The van der Waals surface area contributed by atoms with Crippen LogP contribution in [0.3, 0.4) is 0 Å². The van der Waals surface area contributed by atoms with E-state index < -0.39 is 17.2 Å². The Morgan fingerprint density at radius 2 is 2.17 bits per heavy atom. The highest BCUT2D eigenvalue weighted by molar-refractivity contribution is 6.00. The summed E-state index contributed by atoms with van der Waals surface area (Å²) in [5.74, 6) is -0.579. The van der Waals surface area contributed by atoms with Gasteiger partial charge in [-0.3, -0.25) is 9.59 Å². The predicted molar refractivity (Wildman–Crippen MR) is 111 cm³/mol. The Kier molecular flexibility index (Phi) is 5.21. The average Bonchev–Trinajstić information content (AvgIpc) is 3.53. The number of methoxy groups -OCH3 is 1. The van der Waals surface area contributed by atoms with Crippen LogP contribution >= 0.6 is 0 Å². The lowest BCUT2D eigenvalue weighted by atomic mass is 10.1. The summed E-state index contributed by atoms with van der Waals surface area (Å²) in [4.78, 5) is 27.5. The van der Waals surface area contributed by atoms with Gasteiger partial charge < -0.3 is 24.8 Å². The minimum absolute atomic E-state index is 0.0382. The molecule has 2 N–H and O–H groups in total. The van der Waals surface area contributed by atoms with Crippen molar-refractivity contribution in [2.45, 2.75) is 38.8 Å². The molecule has 2 fully saturated rings. The van der Waals surface area contributed by atoms with Crippen LogP contribution < -0.4 is 25.7 Å². The molecule has 2 heterocycles. The second-order valence-corrected chi connectivity index (χ2v) is 7.81. The van der Waals surface area contributed by atoms with Gasteiger partial charge in [0.1, 0.15) is 11.3 Å². The number of hydrogen-bond acceptors (Lipinski definition) is 5. The molecule has 1 aliphatic heterocycles. The molecule has 0 spiro atoms. The Balaban J connectivity index is 1.98. The lowest BCUT2D eigenvalue weighted by molar-refractivity contribution is 0.0954. The van der Waals surface area contributed by atoms with Gasteiger partial charge in [0.05, 0.1) is 18.0 Å². The molecule has 1 unspecified atom stereocenters. The first kappa shape index (κ1) is 19.7. The summed E-state index contributed by atoms with van der Waals surface area (Å²) in [6.45, 7) is 6.29. The molecule has 1 amide bonds. The highest BCUT2D eigenvalue weighted by Crippen LogP contribution is 2.43. The third-order valence-electron chi connectivity index (χ3n) is 5.61. The van der Waals surface area contributed by atoms with E-state index in [0.29, 0.717) is 36.6 Å². The quantitative estimate of drug-likeness (QED) is 0.801. The van der Waals surface area contributed by atoms with E-state index in [9.17, 15) is 9.59 Å². The smallest absolute Gasteiger partial charge is 0.256 e. The number of fused-ring (bicyclic) bond motifs is 1. The molecule has 0 bridgehead atoms. The largest absolute Gasteiger partial charge is 0.492 e. The van der Waals surface area contributed by atoms with E-state index in [1.807, 2.05) is 9.47 Å². The third kappa shape index (κ3) is 3.46. The third-order valence-corrected chi connectivity index (χ3v) is 5.61. The van der Waals surface area contributed by atoms with Crippen molar-refractivity contribution in [3.63, 3.8) is 0 Å². The molecular weight excluding hydrogens is 375 g/mol. The molecule has 0 radical (unpaired) electrons. The summed E-state index contributed by atoms with van der Waals surface area (Å²) in [6.07, 6.45) is 3.51. The van der Waals surface area contributed by atoms with Gasteiger partial charge in [-0.25, -0.2) is 4.39 Å². The molecular formula is C21H27FN4O3.